The van der Waals surface area contributed by atoms with Gasteiger partial charge in [-0.3, -0.25) is 9.78 Å². The molecule has 0 saturated carbocycles. The minimum atomic E-state index is -0.305. The Bertz CT molecular complexity index is 1620. The van der Waals surface area contributed by atoms with Crippen molar-refractivity contribution >= 4 is 28.8 Å². The van der Waals surface area contributed by atoms with Gasteiger partial charge in [-0.25, -0.2) is 15.1 Å². The Labute approximate surface area is 220 Å². The van der Waals surface area contributed by atoms with E-state index in [1.807, 2.05) is 78.3 Å². The molecule has 5 aromatic rings. The molecule has 0 spiro atoms. The molecule has 1 fully saturated rings. The summed E-state index contributed by atoms with van der Waals surface area (Å²) in [4.78, 5) is 24.7. The van der Waals surface area contributed by atoms with E-state index in [4.69, 9.17) is 10.1 Å². The van der Waals surface area contributed by atoms with Gasteiger partial charge in [0.05, 0.1) is 39.9 Å². The molecule has 0 radical (unpaired) electrons. The number of nitrogens with one attached hydrogen (secondary N) is 1. The lowest BCUT2D eigenvalue weighted by Crippen LogP contribution is -2.23. The summed E-state index contributed by atoms with van der Waals surface area (Å²) in [5.74, 6) is 0.693. The molecule has 1 amide bonds. The Morgan fingerprint density at radius 3 is 2.58 bits per heavy atom. The van der Waals surface area contributed by atoms with Crippen molar-refractivity contribution in [2.75, 3.05) is 18.0 Å². The van der Waals surface area contributed by atoms with Gasteiger partial charge >= 0.3 is 0 Å². The topological polar surface area (TPSA) is 88.3 Å². The molecule has 8 heteroatoms. The first-order valence-corrected chi connectivity index (χ1v) is 12.7. The summed E-state index contributed by atoms with van der Waals surface area (Å²) in [6.07, 6.45) is 7.44. The van der Waals surface area contributed by atoms with Crippen LogP contribution in [0.25, 0.3) is 27.8 Å². The first-order valence-electron chi connectivity index (χ1n) is 12.7. The maximum absolute atomic E-state index is 13.4. The fourth-order valence-corrected chi connectivity index (χ4v) is 4.90. The van der Waals surface area contributed by atoms with E-state index in [0.29, 0.717) is 11.3 Å². The molecule has 38 heavy (non-hydrogen) atoms. The molecule has 6 rings (SSSR count). The van der Waals surface area contributed by atoms with Gasteiger partial charge in [-0.1, -0.05) is 36.4 Å². The number of amides is 1. The number of nitrogens with zero attached hydrogens (tertiary/aromatic N) is 6. The van der Waals surface area contributed by atoms with Gasteiger partial charge < -0.3 is 4.90 Å². The van der Waals surface area contributed by atoms with Crippen molar-refractivity contribution in [1.82, 2.24) is 25.2 Å². The molecule has 0 atom stereocenters. The standard InChI is InChI=1S/C30H27N7O/c1-21-26(30(36-16-7-8-17-36)37(35-21)23-11-3-2-4-12-23)20-32-34-29(38)25-18-28(22-10-9-15-31-19-22)33-27-14-6-5-13-24(25)27/h2-6,9-15,18-20H,7-8,16-17H2,1H3,(H,34,38). The Morgan fingerprint density at radius 1 is 1.00 bits per heavy atom. The van der Waals surface area contributed by atoms with Gasteiger partial charge in [0.1, 0.15) is 5.82 Å². The Kier molecular flexibility index (Phi) is 6.35. The number of hydrogen-bond acceptors (Lipinski definition) is 6. The number of aromatic nitrogens is 4. The van der Waals surface area contributed by atoms with E-state index in [0.717, 1.165) is 65.2 Å². The molecule has 1 aliphatic heterocycles. The molecule has 1 aliphatic rings. The van der Waals surface area contributed by atoms with Crippen LogP contribution in [0.5, 0.6) is 0 Å². The van der Waals surface area contributed by atoms with E-state index < -0.39 is 0 Å². The van der Waals surface area contributed by atoms with E-state index >= 15 is 0 Å². The maximum Gasteiger partial charge on any atom is 0.272 e. The molecule has 2 aromatic carbocycles. The highest BCUT2D eigenvalue weighted by atomic mass is 16.2. The van der Waals surface area contributed by atoms with Crippen molar-refractivity contribution in [2.45, 2.75) is 19.8 Å². The average Bonchev–Trinajstić information content (AvgIpc) is 3.61. The third-order valence-electron chi connectivity index (χ3n) is 6.77. The minimum absolute atomic E-state index is 0.305. The van der Waals surface area contributed by atoms with Gasteiger partial charge in [-0.05, 0) is 56.2 Å². The molecule has 1 N–H and O–H groups in total. The van der Waals surface area contributed by atoms with Gasteiger partial charge in [-0.15, -0.1) is 0 Å². The van der Waals surface area contributed by atoms with E-state index in [9.17, 15) is 4.79 Å². The van der Waals surface area contributed by atoms with Crippen LogP contribution >= 0.6 is 0 Å². The quantitative estimate of drug-likeness (QED) is 0.257. The third-order valence-corrected chi connectivity index (χ3v) is 6.77. The van der Waals surface area contributed by atoms with Crippen molar-refractivity contribution in [2.24, 2.45) is 5.10 Å². The Hall–Kier alpha value is -4.85. The number of para-hydroxylation sites is 2. The molecule has 0 unspecified atom stereocenters. The highest BCUT2D eigenvalue weighted by Gasteiger charge is 2.23. The minimum Gasteiger partial charge on any atom is -0.356 e. The second-order valence-corrected chi connectivity index (χ2v) is 9.28. The normalized spacial score (nSPS) is 13.4. The monoisotopic (exact) mass is 501 g/mol. The zero-order valence-electron chi connectivity index (χ0n) is 21.1. The van der Waals surface area contributed by atoms with Crippen molar-refractivity contribution in [3.8, 4) is 16.9 Å². The highest BCUT2D eigenvalue weighted by molar-refractivity contribution is 6.07. The van der Waals surface area contributed by atoms with Gasteiger partial charge in [-0.2, -0.15) is 10.2 Å². The van der Waals surface area contributed by atoms with Gasteiger partial charge in [0, 0.05) is 36.4 Å². The fourth-order valence-electron chi connectivity index (χ4n) is 4.90. The number of carbonyl (C=O) groups is 1. The average molecular weight is 502 g/mol. The zero-order chi connectivity index (χ0) is 25.9. The summed E-state index contributed by atoms with van der Waals surface area (Å²) < 4.78 is 1.97. The van der Waals surface area contributed by atoms with Crippen molar-refractivity contribution in [3.05, 3.63) is 102 Å². The highest BCUT2D eigenvalue weighted by Crippen LogP contribution is 2.29. The predicted molar refractivity (Wildman–Crippen MR) is 150 cm³/mol. The largest absolute Gasteiger partial charge is 0.356 e. The molecule has 188 valence electrons. The molecule has 1 saturated heterocycles. The number of aryl methyl sites for hydroxylation is 1. The smallest absolute Gasteiger partial charge is 0.272 e. The van der Waals surface area contributed by atoms with Gasteiger partial charge in [0.15, 0.2) is 0 Å². The fraction of sp³-hybridized carbons (Fsp3) is 0.167. The summed E-state index contributed by atoms with van der Waals surface area (Å²) in [6.45, 7) is 3.90. The third kappa shape index (κ3) is 4.52. The lowest BCUT2D eigenvalue weighted by molar-refractivity contribution is 0.0956. The molecule has 0 bridgehead atoms. The lowest BCUT2D eigenvalue weighted by Gasteiger charge is -2.20. The number of fused-ring (bicyclic) bond motifs is 1. The van der Waals surface area contributed by atoms with Crippen LogP contribution in [-0.2, 0) is 0 Å². The van der Waals surface area contributed by atoms with Crippen molar-refractivity contribution in [3.63, 3.8) is 0 Å². The Balaban J connectivity index is 1.34. The first kappa shape index (κ1) is 23.5. The summed E-state index contributed by atoms with van der Waals surface area (Å²) in [5, 5.41) is 9.98. The summed E-state index contributed by atoms with van der Waals surface area (Å²) >= 11 is 0. The predicted octanol–water partition coefficient (Wildman–Crippen LogP) is 5.16. The molecule has 4 heterocycles. The SMILES string of the molecule is Cc1nn(-c2ccccc2)c(N2CCCC2)c1C=NNC(=O)c1cc(-c2cccnc2)nc2ccccc12. The van der Waals surface area contributed by atoms with E-state index in [2.05, 4.69) is 20.4 Å². The van der Waals surface area contributed by atoms with Crippen LogP contribution in [0.1, 0.15) is 34.5 Å². The van der Waals surface area contributed by atoms with Crippen LogP contribution in [0.15, 0.2) is 90.3 Å². The van der Waals surface area contributed by atoms with Crippen LogP contribution in [-0.4, -0.2) is 45.0 Å². The van der Waals surface area contributed by atoms with Crippen LogP contribution < -0.4 is 10.3 Å². The molecular formula is C30H27N7O. The number of hydrogen-bond donors (Lipinski definition) is 1. The van der Waals surface area contributed by atoms with Gasteiger partial charge in [0.2, 0.25) is 0 Å². The maximum atomic E-state index is 13.4. The number of rotatable bonds is 6. The first-order chi connectivity index (χ1) is 18.7. The van der Waals surface area contributed by atoms with Crippen molar-refractivity contribution in [1.29, 1.82) is 0 Å². The summed E-state index contributed by atoms with van der Waals surface area (Å²) in [7, 11) is 0. The second-order valence-electron chi connectivity index (χ2n) is 9.28. The molecule has 8 nitrogen and oxygen atoms in total. The lowest BCUT2D eigenvalue weighted by atomic mass is 10.0. The summed E-state index contributed by atoms with van der Waals surface area (Å²) in [5.41, 5.74) is 8.24. The molecule has 0 aliphatic carbocycles. The Morgan fingerprint density at radius 2 is 1.79 bits per heavy atom. The van der Waals surface area contributed by atoms with E-state index in [1.165, 1.54) is 0 Å². The number of benzene rings is 2. The number of pyridine rings is 2. The van der Waals surface area contributed by atoms with E-state index in [1.54, 1.807) is 24.7 Å². The van der Waals surface area contributed by atoms with E-state index in [-0.39, 0.29) is 5.91 Å². The summed E-state index contributed by atoms with van der Waals surface area (Å²) in [6, 6.07) is 23.3. The van der Waals surface area contributed by atoms with Gasteiger partial charge in [0.25, 0.3) is 5.91 Å². The number of hydrazone groups is 1. The van der Waals surface area contributed by atoms with Crippen molar-refractivity contribution < 1.29 is 4.79 Å². The van der Waals surface area contributed by atoms with Crippen LogP contribution in [0.3, 0.4) is 0 Å². The van der Waals surface area contributed by atoms with Crippen LogP contribution in [0.2, 0.25) is 0 Å². The number of carbonyl (C=O) groups excluding carboxylic acids is 1. The molecular weight excluding hydrogens is 474 g/mol. The zero-order valence-corrected chi connectivity index (χ0v) is 21.1. The van der Waals surface area contributed by atoms with Crippen LogP contribution in [0, 0.1) is 6.92 Å². The molecule has 3 aromatic heterocycles. The number of anilines is 1. The second kappa shape index (κ2) is 10.3. The van der Waals surface area contributed by atoms with Crippen LogP contribution in [0.4, 0.5) is 5.82 Å².